The Kier molecular flexibility index (Phi) is 3.55. The first-order chi connectivity index (χ1) is 6.39. The number of hydrogen-bond donors (Lipinski definition) is 2. The summed E-state index contributed by atoms with van der Waals surface area (Å²) in [4.78, 5) is 0. The summed E-state index contributed by atoms with van der Waals surface area (Å²) in [6, 6.07) is 0.270. The Hall–Kier alpha value is -0.130. The first-order valence-electron chi connectivity index (χ1n) is 5.07. The van der Waals surface area contributed by atoms with Crippen LogP contribution in [0.1, 0.15) is 26.7 Å². The van der Waals surface area contributed by atoms with Crippen LogP contribution in [-0.2, 0) is 9.84 Å². The fourth-order valence-corrected chi connectivity index (χ4v) is 4.06. The summed E-state index contributed by atoms with van der Waals surface area (Å²) in [7, 11) is -2.89. The maximum absolute atomic E-state index is 11.5. The molecule has 3 N–H and O–H groups in total. The number of nitrogens with one attached hydrogen (secondary N) is 1. The Balaban J connectivity index is 2.78. The molecule has 1 aliphatic heterocycles. The molecule has 1 aliphatic rings. The van der Waals surface area contributed by atoms with Crippen LogP contribution in [0.5, 0.6) is 0 Å². The van der Waals surface area contributed by atoms with E-state index in [0.29, 0.717) is 12.3 Å². The summed E-state index contributed by atoms with van der Waals surface area (Å²) < 4.78 is 23.0. The smallest absolute Gasteiger partial charge is 0.152 e. The minimum Gasteiger partial charge on any atom is -0.329 e. The second-order valence-electron chi connectivity index (χ2n) is 4.48. The lowest BCUT2D eigenvalue weighted by Crippen LogP contribution is -2.60. The highest BCUT2D eigenvalue weighted by Gasteiger charge is 2.37. The van der Waals surface area contributed by atoms with E-state index in [2.05, 4.69) is 5.32 Å². The lowest BCUT2D eigenvalue weighted by atomic mass is 9.94. The molecule has 1 saturated heterocycles. The van der Waals surface area contributed by atoms with Gasteiger partial charge in [0, 0.05) is 18.1 Å². The number of rotatable bonds is 3. The van der Waals surface area contributed by atoms with Gasteiger partial charge in [-0.15, -0.1) is 0 Å². The lowest BCUT2D eigenvalue weighted by molar-refractivity contribution is 0.303. The summed E-state index contributed by atoms with van der Waals surface area (Å²) >= 11 is 0. The Labute approximate surface area is 86.2 Å². The SMILES string of the molecule is CC(C)NC1(CN)CCCS(=O)(=O)C1. The highest BCUT2D eigenvalue weighted by molar-refractivity contribution is 7.91. The molecule has 14 heavy (non-hydrogen) atoms. The first kappa shape index (κ1) is 11.9. The normalized spacial score (nSPS) is 32.0. The van der Waals surface area contributed by atoms with Crippen molar-refractivity contribution in [1.82, 2.24) is 5.32 Å². The van der Waals surface area contributed by atoms with Gasteiger partial charge in [-0.2, -0.15) is 0 Å². The van der Waals surface area contributed by atoms with Crippen LogP contribution in [0.25, 0.3) is 0 Å². The van der Waals surface area contributed by atoms with Crippen LogP contribution in [0, 0.1) is 0 Å². The van der Waals surface area contributed by atoms with E-state index in [4.69, 9.17) is 5.73 Å². The molecule has 0 saturated carbocycles. The van der Waals surface area contributed by atoms with Crippen LogP contribution in [0.2, 0.25) is 0 Å². The summed E-state index contributed by atoms with van der Waals surface area (Å²) in [5, 5.41) is 3.30. The van der Waals surface area contributed by atoms with E-state index >= 15 is 0 Å². The van der Waals surface area contributed by atoms with Crippen molar-refractivity contribution in [3.63, 3.8) is 0 Å². The predicted molar refractivity (Wildman–Crippen MR) is 57.9 cm³/mol. The molecule has 1 fully saturated rings. The summed E-state index contributed by atoms with van der Waals surface area (Å²) in [6.45, 7) is 4.42. The predicted octanol–water partition coefficient (Wildman–Crippen LogP) is -0.109. The second-order valence-corrected chi connectivity index (χ2v) is 6.66. The molecule has 0 radical (unpaired) electrons. The molecule has 0 aromatic carbocycles. The van der Waals surface area contributed by atoms with Gasteiger partial charge < -0.3 is 11.1 Å². The van der Waals surface area contributed by atoms with Crippen LogP contribution in [0.15, 0.2) is 0 Å². The zero-order valence-corrected chi connectivity index (χ0v) is 9.73. The number of sulfone groups is 1. The summed E-state index contributed by atoms with van der Waals surface area (Å²) in [6.07, 6.45) is 1.58. The lowest BCUT2D eigenvalue weighted by Gasteiger charge is -2.38. The molecule has 0 amide bonds. The summed E-state index contributed by atoms with van der Waals surface area (Å²) in [5.41, 5.74) is 5.30. The molecule has 1 atom stereocenters. The Bertz CT molecular complexity index is 287. The molecule has 0 spiro atoms. The third-order valence-electron chi connectivity index (χ3n) is 2.59. The van der Waals surface area contributed by atoms with Crippen molar-refractivity contribution in [3.8, 4) is 0 Å². The minimum absolute atomic E-state index is 0.189. The second kappa shape index (κ2) is 4.16. The average Bonchev–Trinajstić information content (AvgIpc) is 2.01. The largest absolute Gasteiger partial charge is 0.329 e. The van der Waals surface area contributed by atoms with Crippen molar-refractivity contribution in [2.75, 3.05) is 18.1 Å². The van der Waals surface area contributed by atoms with Gasteiger partial charge >= 0.3 is 0 Å². The van der Waals surface area contributed by atoms with Crippen LogP contribution in [-0.4, -0.2) is 38.0 Å². The molecular formula is C9H20N2O2S. The molecule has 1 rings (SSSR count). The van der Waals surface area contributed by atoms with Crippen LogP contribution >= 0.6 is 0 Å². The van der Waals surface area contributed by atoms with Gasteiger partial charge in [0.15, 0.2) is 9.84 Å². The average molecular weight is 220 g/mol. The van der Waals surface area contributed by atoms with E-state index in [1.54, 1.807) is 0 Å². The van der Waals surface area contributed by atoms with E-state index in [1.165, 1.54) is 0 Å². The van der Waals surface area contributed by atoms with Crippen molar-refractivity contribution < 1.29 is 8.42 Å². The van der Waals surface area contributed by atoms with E-state index in [-0.39, 0.29) is 17.3 Å². The van der Waals surface area contributed by atoms with Crippen molar-refractivity contribution >= 4 is 9.84 Å². The summed E-state index contributed by atoms with van der Waals surface area (Å²) in [5.74, 6) is 0.503. The molecule has 0 aromatic heterocycles. The maximum Gasteiger partial charge on any atom is 0.152 e. The van der Waals surface area contributed by atoms with E-state index in [0.717, 1.165) is 12.8 Å². The molecule has 0 aliphatic carbocycles. The minimum atomic E-state index is -2.89. The van der Waals surface area contributed by atoms with Crippen LogP contribution < -0.4 is 11.1 Å². The fraction of sp³-hybridized carbons (Fsp3) is 1.00. The van der Waals surface area contributed by atoms with Crippen LogP contribution in [0.4, 0.5) is 0 Å². The molecule has 4 nitrogen and oxygen atoms in total. The van der Waals surface area contributed by atoms with Gasteiger partial charge in [-0.25, -0.2) is 8.42 Å². The highest BCUT2D eigenvalue weighted by atomic mass is 32.2. The van der Waals surface area contributed by atoms with Gasteiger partial charge in [0.2, 0.25) is 0 Å². The Morgan fingerprint density at radius 2 is 2.14 bits per heavy atom. The molecule has 1 heterocycles. The number of hydrogen-bond acceptors (Lipinski definition) is 4. The standard InChI is InChI=1S/C9H20N2O2S/c1-8(2)11-9(6-10)4-3-5-14(12,13)7-9/h8,11H,3-7,10H2,1-2H3. The van der Waals surface area contributed by atoms with Gasteiger partial charge in [0.1, 0.15) is 0 Å². The zero-order valence-electron chi connectivity index (χ0n) is 8.91. The van der Waals surface area contributed by atoms with E-state index in [1.807, 2.05) is 13.8 Å². The molecule has 84 valence electrons. The van der Waals surface area contributed by atoms with E-state index in [9.17, 15) is 8.42 Å². The molecule has 0 aromatic rings. The molecular weight excluding hydrogens is 200 g/mol. The maximum atomic E-state index is 11.5. The van der Waals surface area contributed by atoms with Crippen molar-refractivity contribution in [2.24, 2.45) is 5.73 Å². The number of nitrogens with two attached hydrogens (primary N) is 1. The molecule has 5 heteroatoms. The first-order valence-corrected chi connectivity index (χ1v) is 6.89. The topological polar surface area (TPSA) is 72.2 Å². The monoisotopic (exact) mass is 220 g/mol. The fourth-order valence-electron chi connectivity index (χ4n) is 2.14. The Morgan fingerprint density at radius 1 is 1.50 bits per heavy atom. The third kappa shape index (κ3) is 2.93. The zero-order chi connectivity index (χ0) is 10.8. The molecule has 1 unspecified atom stereocenters. The van der Waals surface area contributed by atoms with Gasteiger partial charge in [-0.05, 0) is 12.8 Å². The third-order valence-corrected chi connectivity index (χ3v) is 4.50. The van der Waals surface area contributed by atoms with Gasteiger partial charge in [-0.1, -0.05) is 13.8 Å². The molecule has 0 bridgehead atoms. The van der Waals surface area contributed by atoms with E-state index < -0.39 is 9.84 Å². The highest BCUT2D eigenvalue weighted by Crippen LogP contribution is 2.22. The van der Waals surface area contributed by atoms with Crippen LogP contribution in [0.3, 0.4) is 0 Å². The van der Waals surface area contributed by atoms with Gasteiger partial charge in [0.05, 0.1) is 11.5 Å². The van der Waals surface area contributed by atoms with Crippen molar-refractivity contribution in [1.29, 1.82) is 0 Å². The van der Waals surface area contributed by atoms with Crippen molar-refractivity contribution in [2.45, 2.75) is 38.3 Å². The Morgan fingerprint density at radius 3 is 2.57 bits per heavy atom. The quantitative estimate of drug-likeness (QED) is 0.696. The van der Waals surface area contributed by atoms with Gasteiger partial charge in [-0.3, -0.25) is 0 Å². The van der Waals surface area contributed by atoms with Gasteiger partial charge in [0.25, 0.3) is 0 Å². The van der Waals surface area contributed by atoms with Crippen molar-refractivity contribution in [3.05, 3.63) is 0 Å².